The topological polar surface area (TPSA) is 9.23 Å². The van der Waals surface area contributed by atoms with Gasteiger partial charge in [-0.2, -0.15) is 0 Å². The highest BCUT2D eigenvalue weighted by atomic mass is 28.4. The van der Waals surface area contributed by atoms with Gasteiger partial charge in [-0.3, -0.25) is 0 Å². The van der Waals surface area contributed by atoms with Gasteiger partial charge in [0.1, 0.15) is 8.07 Å². The van der Waals surface area contributed by atoms with Crippen LogP contribution in [-0.2, 0) is 4.43 Å². The second-order valence-electron chi connectivity index (χ2n) is 10.1. The van der Waals surface area contributed by atoms with Crippen LogP contribution in [-0.4, -0.2) is 22.5 Å². The monoisotopic (exact) mass is 412 g/mol. The molecular weight excluding hydrogens is 372 g/mol. The Kier molecular flexibility index (Phi) is 9.20. The summed E-state index contributed by atoms with van der Waals surface area (Å²) in [7, 11) is -3.15. The molecule has 3 heteroatoms. The van der Waals surface area contributed by atoms with Crippen molar-refractivity contribution in [1.82, 2.24) is 0 Å². The molecule has 0 saturated carbocycles. The van der Waals surface area contributed by atoms with Gasteiger partial charge in [-0.1, -0.05) is 89.0 Å². The lowest BCUT2D eigenvalue weighted by atomic mass is 10.1. The largest absolute Gasteiger partial charge is 0.410 e. The highest BCUT2D eigenvalue weighted by molar-refractivity contribution is 6.83. The molecule has 0 N–H and O–H groups in total. The summed E-state index contributed by atoms with van der Waals surface area (Å²) < 4.78 is 6.78. The van der Waals surface area contributed by atoms with Crippen LogP contribution < -0.4 is 0 Å². The van der Waals surface area contributed by atoms with E-state index in [1.165, 1.54) is 11.1 Å². The molecule has 1 nitrogen and oxygen atoms in total. The second-order valence-corrected chi connectivity index (χ2v) is 19.6. The summed E-state index contributed by atoms with van der Waals surface area (Å²) in [4.78, 5) is 0. The Balaban J connectivity index is 2.95. The first kappa shape index (κ1) is 24.7. The Morgan fingerprint density at radius 3 is 2.21 bits per heavy atom. The van der Waals surface area contributed by atoms with Crippen molar-refractivity contribution >= 4 is 22.5 Å². The van der Waals surface area contributed by atoms with E-state index < -0.39 is 16.4 Å². The summed E-state index contributed by atoms with van der Waals surface area (Å²) in [5.41, 5.74) is 5.99. The molecule has 1 unspecified atom stereocenters. The second kappa shape index (κ2) is 10.4. The van der Waals surface area contributed by atoms with Crippen molar-refractivity contribution in [3.8, 4) is 11.5 Å². The van der Waals surface area contributed by atoms with Gasteiger partial charge in [-0.25, -0.2) is 0 Å². The van der Waals surface area contributed by atoms with Crippen molar-refractivity contribution in [2.75, 3.05) is 0 Å². The van der Waals surface area contributed by atoms with E-state index in [4.69, 9.17) is 4.43 Å². The van der Waals surface area contributed by atoms with Crippen molar-refractivity contribution in [3.05, 3.63) is 53.6 Å². The van der Waals surface area contributed by atoms with Crippen LogP contribution in [0.4, 0.5) is 0 Å². The van der Waals surface area contributed by atoms with Crippen molar-refractivity contribution in [3.63, 3.8) is 0 Å². The van der Waals surface area contributed by atoms with E-state index in [9.17, 15) is 0 Å². The van der Waals surface area contributed by atoms with Gasteiger partial charge in [0.15, 0.2) is 8.32 Å². The van der Waals surface area contributed by atoms with E-state index in [0.717, 1.165) is 12.8 Å². The zero-order chi connectivity index (χ0) is 21.4. The molecule has 0 bridgehead atoms. The average Bonchev–Trinajstić information content (AvgIpc) is 2.56. The molecular formula is C25H40OSi2. The van der Waals surface area contributed by atoms with E-state index >= 15 is 0 Å². The summed E-state index contributed by atoms with van der Waals surface area (Å²) in [6.45, 7) is 20.6. The van der Waals surface area contributed by atoms with Gasteiger partial charge in [-0.15, -0.1) is 11.5 Å². The fourth-order valence-corrected chi connectivity index (χ4v) is 4.45. The molecule has 0 aromatic heterocycles. The molecule has 0 saturated heterocycles. The lowest BCUT2D eigenvalue weighted by molar-refractivity contribution is 0.205. The molecule has 0 amide bonds. The summed E-state index contributed by atoms with van der Waals surface area (Å²) in [5, 5.41) is 0.204. The Hall–Kier alpha value is -1.35. The molecule has 0 aliphatic rings. The van der Waals surface area contributed by atoms with E-state index in [1.54, 1.807) is 0 Å². The maximum atomic E-state index is 6.78. The molecule has 0 aliphatic heterocycles. The minimum absolute atomic E-state index is 0.136. The minimum atomic E-state index is -1.84. The molecule has 1 aromatic carbocycles. The fourth-order valence-electron chi connectivity index (χ4n) is 2.43. The minimum Gasteiger partial charge on any atom is -0.410 e. The summed E-state index contributed by atoms with van der Waals surface area (Å²) in [5.74, 6) is 3.42. The van der Waals surface area contributed by atoms with Gasteiger partial charge in [0.2, 0.25) is 0 Å². The average molecular weight is 413 g/mol. The highest BCUT2D eigenvalue weighted by Crippen LogP contribution is 2.38. The van der Waals surface area contributed by atoms with Crippen molar-refractivity contribution in [1.29, 1.82) is 0 Å². The summed E-state index contributed by atoms with van der Waals surface area (Å²) >= 11 is 0. The molecule has 0 radical (unpaired) electrons. The molecule has 0 spiro atoms. The number of allylic oxidation sites excluding steroid dienone is 2. The molecule has 28 heavy (non-hydrogen) atoms. The molecule has 0 heterocycles. The first-order valence-electron chi connectivity index (χ1n) is 10.4. The van der Waals surface area contributed by atoms with Crippen molar-refractivity contribution < 1.29 is 4.43 Å². The number of rotatable bonds is 7. The van der Waals surface area contributed by atoms with E-state index in [0.29, 0.717) is 0 Å². The van der Waals surface area contributed by atoms with Crippen LogP contribution in [0.1, 0.15) is 46.1 Å². The van der Waals surface area contributed by atoms with Crippen LogP contribution in [0, 0.1) is 11.5 Å². The van der Waals surface area contributed by atoms with Crippen LogP contribution in [0.3, 0.4) is 0 Å². The number of hydrogen-bond acceptors (Lipinski definition) is 1. The van der Waals surface area contributed by atoms with Gasteiger partial charge < -0.3 is 4.43 Å². The van der Waals surface area contributed by atoms with Crippen LogP contribution in [0.25, 0.3) is 6.08 Å². The highest BCUT2D eigenvalue weighted by Gasteiger charge is 2.39. The quantitative estimate of drug-likeness (QED) is 0.253. The molecule has 1 atom stereocenters. The fraction of sp³-hybridized carbons (Fsp3) is 0.520. The maximum absolute atomic E-state index is 6.78. The lowest BCUT2D eigenvalue weighted by Crippen LogP contribution is -2.44. The first-order chi connectivity index (χ1) is 12.8. The predicted octanol–water partition coefficient (Wildman–Crippen LogP) is 7.70. The van der Waals surface area contributed by atoms with Gasteiger partial charge in [-0.05, 0) is 42.6 Å². The smallest absolute Gasteiger partial charge is 0.192 e. The lowest BCUT2D eigenvalue weighted by Gasteiger charge is -2.39. The Bertz CT molecular complexity index is 720. The molecule has 154 valence electrons. The standard InChI is InChI=1S/C25H40OSi2/c1-22(16-15-19-23-17-11-10-12-18-23)24(20-13-14-21-27(5,6)7)26-28(8,9)25(2,3)4/h10-12,15-19,24H,13,20H2,1-9H3/b19-15+,22-16-. The van der Waals surface area contributed by atoms with Gasteiger partial charge in [0, 0.05) is 6.42 Å². The van der Waals surface area contributed by atoms with Gasteiger partial charge in [0.05, 0.1) is 6.10 Å². The van der Waals surface area contributed by atoms with Crippen LogP contribution in [0.2, 0.25) is 37.8 Å². The summed E-state index contributed by atoms with van der Waals surface area (Å²) in [6, 6.07) is 10.4. The normalized spacial score (nSPS) is 14.7. The molecule has 0 aliphatic carbocycles. The van der Waals surface area contributed by atoms with Crippen LogP contribution in [0.15, 0.2) is 48.1 Å². The number of hydrogen-bond donors (Lipinski definition) is 0. The third-order valence-corrected chi connectivity index (χ3v) is 10.6. The Morgan fingerprint density at radius 1 is 1.07 bits per heavy atom. The number of benzene rings is 1. The van der Waals surface area contributed by atoms with Crippen LogP contribution in [0.5, 0.6) is 0 Å². The summed E-state index contributed by atoms with van der Waals surface area (Å²) in [6.07, 6.45) is 8.50. The molecule has 1 aromatic rings. The van der Waals surface area contributed by atoms with Crippen LogP contribution >= 0.6 is 0 Å². The van der Waals surface area contributed by atoms with Gasteiger partial charge in [0.25, 0.3) is 0 Å². The van der Waals surface area contributed by atoms with Crippen molar-refractivity contribution in [2.45, 2.75) is 84.4 Å². The SMILES string of the molecule is C/C(=C/C=C/c1ccccc1)C(CCC#C[Si](C)(C)C)O[Si](C)(C)C(C)(C)C. The van der Waals surface area contributed by atoms with E-state index in [-0.39, 0.29) is 11.1 Å². The van der Waals surface area contributed by atoms with E-state index in [1.807, 2.05) is 6.07 Å². The molecule has 0 fully saturated rings. The first-order valence-corrected chi connectivity index (χ1v) is 16.8. The third kappa shape index (κ3) is 9.23. The third-order valence-electron chi connectivity index (χ3n) is 5.19. The zero-order valence-electron chi connectivity index (χ0n) is 19.5. The Labute approximate surface area is 176 Å². The molecule has 1 rings (SSSR count). The predicted molar refractivity (Wildman–Crippen MR) is 132 cm³/mol. The Morgan fingerprint density at radius 2 is 1.68 bits per heavy atom. The van der Waals surface area contributed by atoms with E-state index in [2.05, 4.69) is 114 Å². The maximum Gasteiger partial charge on any atom is 0.192 e. The van der Waals surface area contributed by atoms with Gasteiger partial charge >= 0.3 is 0 Å². The van der Waals surface area contributed by atoms with Crippen molar-refractivity contribution in [2.24, 2.45) is 0 Å². The zero-order valence-corrected chi connectivity index (χ0v) is 21.5.